The predicted octanol–water partition coefficient (Wildman–Crippen LogP) is 1.39. The molecule has 4 N–H and O–H groups in total. The number of nitrogens with zero attached hydrogens (tertiary/aromatic N) is 1. The second-order valence-corrected chi connectivity index (χ2v) is 3.30. The van der Waals surface area contributed by atoms with Gasteiger partial charge in [-0.1, -0.05) is 0 Å². The third-order valence-electron chi connectivity index (χ3n) is 2.24. The first kappa shape index (κ1) is 10.5. The molecular weight excluding hydrogens is 206 g/mol. The number of aromatic nitrogens is 1. The van der Waals surface area contributed by atoms with E-state index in [0.717, 1.165) is 5.56 Å². The largest absolute Gasteiger partial charge is 0.495 e. The van der Waals surface area contributed by atoms with E-state index in [1.807, 2.05) is 6.07 Å². The molecule has 0 amide bonds. The van der Waals surface area contributed by atoms with Gasteiger partial charge >= 0.3 is 0 Å². The molecule has 0 saturated carbocycles. The van der Waals surface area contributed by atoms with Crippen LogP contribution >= 0.6 is 0 Å². The van der Waals surface area contributed by atoms with Crippen LogP contribution in [-0.2, 0) is 6.54 Å². The van der Waals surface area contributed by atoms with E-state index in [9.17, 15) is 0 Å². The zero-order valence-corrected chi connectivity index (χ0v) is 8.93. The quantitative estimate of drug-likeness (QED) is 0.762. The van der Waals surface area contributed by atoms with E-state index in [1.54, 1.807) is 19.2 Å². The molecule has 2 aromatic rings. The molecule has 0 aliphatic heterocycles. The van der Waals surface area contributed by atoms with Crippen LogP contribution in [0.1, 0.15) is 5.69 Å². The Hall–Kier alpha value is -2.01. The lowest BCUT2D eigenvalue weighted by Crippen LogP contribution is -1.96. The van der Waals surface area contributed by atoms with Gasteiger partial charge in [-0.2, -0.15) is 0 Å². The van der Waals surface area contributed by atoms with Crippen molar-refractivity contribution in [2.24, 2.45) is 5.73 Å². The Balaban J connectivity index is 2.40. The lowest BCUT2D eigenvalue weighted by Gasteiger charge is -2.04. The number of benzene rings is 1. The summed E-state index contributed by atoms with van der Waals surface area (Å²) >= 11 is 0. The summed E-state index contributed by atoms with van der Waals surface area (Å²) in [6.07, 6.45) is 1.54. The van der Waals surface area contributed by atoms with E-state index in [-0.39, 0.29) is 0 Å². The smallest absolute Gasteiger partial charge is 0.226 e. The maximum atomic E-state index is 5.71. The number of anilines is 1. The van der Waals surface area contributed by atoms with Crippen LogP contribution in [-0.4, -0.2) is 12.1 Å². The van der Waals surface area contributed by atoms with E-state index in [4.69, 9.17) is 20.6 Å². The fourth-order valence-corrected chi connectivity index (χ4v) is 1.38. The molecule has 0 saturated heterocycles. The Bertz CT molecular complexity index is 494. The summed E-state index contributed by atoms with van der Waals surface area (Å²) in [5.74, 6) is 1.11. The van der Waals surface area contributed by atoms with E-state index in [0.29, 0.717) is 29.6 Å². The molecule has 5 nitrogen and oxygen atoms in total. The monoisotopic (exact) mass is 219 g/mol. The minimum atomic E-state index is 0.357. The van der Waals surface area contributed by atoms with Crippen molar-refractivity contribution in [3.8, 4) is 17.2 Å². The third-order valence-corrected chi connectivity index (χ3v) is 2.24. The third kappa shape index (κ3) is 1.85. The van der Waals surface area contributed by atoms with Crippen molar-refractivity contribution < 1.29 is 9.15 Å². The molecule has 1 aromatic heterocycles. The fraction of sp³-hybridized carbons (Fsp3) is 0.182. The molecule has 0 aliphatic rings. The number of nitrogen functional groups attached to an aromatic ring is 1. The highest BCUT2D eigenvalue weighted by Gasteiger charge is 2.08. The van der Waals surface area contributed by atoms with Gasteiger partial charge in [0.15, 0.2) is 0 Å². The molecule has 0 bridgehead atoms. The van der Waals surface area contributed by atoms with Gasteiger partial charge in [0.2, 0.25) is 5.89 Å². The maximum Gasteiger partial charge on any atom is 0.226 e. The molecule has 16 heavy (non-hydrogen) atoms. The first-order valence-corrected chi connectivity index (χ1v) is 4.83. The van der Waals surface area contributed by atoms with Gasteiger partial charge in [0, 0.05) is 12.1 Å². The van der Waals surface area contributed by atoms with Crippen molar-refractivity contribution in [3.63, 3.8) is 0 Å². The Morgan fingerprint density at radius 2 is 2.25 bits per heavy atom. The molecule has 1 heterocycles. The van der Waals surface area contributed by atoms with Crippen molar-refractivity contribution in [1.82, 2.24) is 4.98 Å². The molecule has 0 unspecified atom stereocenters. The van der Waals surface area contributed by atoms with Gasteiger partial charge < -0.3 is 20.6 Å². The molecule has 0 spiro atoms. The Kier molecular flexibility index (Phi) is 2.78. The van der Waals surface area contributed by atoms with Crippen molar-refractivity contribution in [1.29, 1.82) is 0 Å². The average Bonchev–Trinajstić information content (AvgIpc) is 2.78. The molecule has 0 fully saturated rings. The number of rotatable bonds is 3. The van der Waals surface area contributed by atoms with Crippen molar-refractivity contribution >= 4 is 5.69 Å². The highest BCUT2D eigenvalue weighted by Crippen LogP contribution is 2.28. The van der Waals surface area contributed by atoms with Gasteiger partial charge in [0.1, 0.15) is 12.0 Å². The molecule has 2 rings (SSSR count). The SMILES string of the molecule is COc1cc(-c2nc(CN)co2)ccc1N. The molecule has 84 valence electrons. The molecule has 0 aliphatic carbocycles. The van der Waals surface area contributed by atoms with Gasteiger partial charge in [0.05, 0.1) is 18.5 Å². The van der Waals surface area contributed by atoms with Crippen LogP contribution in [0.25, 0.3) is 11.5 Å². The average molecular weight is 219 g/mol. The first-order valence-electron chi connectivity index (χ1n) is 4.83. The zero-order chi connectivity index (χ0) is 11.5. The first-order chi connectivity index (χ1) is 7.74. The summed E-state index contributed by atoms with van der Waals surface area (Å²) < 4.78 is 10.4. The highest BCUT2D eigenvalue weighted by atomic mass is 16.5. The van der Waals surface area contributed by atoms with Crippen LogP contribution in [0.2, 0.25) is 0 Å². The van der Waals surface area contributed by atoms with E-state index < -0.39 is 0 Å². The van der Waals surface area contributed by atoms with Crippen LogP contribution < -0.4 is 16.2 Å². The minimum Gasteiger partial charge on any atom is -0.495 e. The lowest BCUT2D eigenvalue weighted by molar-refractivity contribution is 0.417. The van der Waals surface area contributed by atoms with E-state index >= 15 is 0 Å². The van der Waals surface area contributed by atoms with Gasteiger partial charge in [-0.3, -0.25) is 0 Å². The Morgan fingerprint density at radius 3 is 2.88 bits per heavy atom. The normalized spacial score (nSPS) is 10.4. The lowest BCUT2D eigenvalue weighted by atomic mass is 10.2. The molecule has 0 atom stereocenters. The van der Waals surface area contributed by atoms with Crippen LogP contribution in [0.4, 0.5) is 5.69 Å². The molecule has 1 aromatic carbocycles. The molecular formula is C11H13N3O2. The second kappa shape index (κ2) is 4.24. The van der Waals surface area contributed by atoms with Crippen molar-refractivity contribution in [3.05, 3.63) is 30.2 Å². The Morgan fingerprint density at radius 1 is 1.44 bits per heavy atom. The van der Waals surface area contributed by atoms with Gasteiger partial charge in [-0.15, -0.1) is 0 Å². The van der Waals surface area contributed by atoms with Gasteiger partial charge in [0.25, 0.3) is 0 Å². The maximum absolute atomic E-state index is 5.71. The summed E-state index contributed by atoms with van der Waals surface area (Å²) in [4.78, 5) is 4.22. The summed E-state index contributed by atoms with van der Waals surface area (Å²) in [5.41, 5.74) is 13.3. The number of hydrogen-bond acceptors (Lipinski definition) is 5. The van der Waals surface area contributed by atoms with Crippen LogP contribution in [0.5, 0.6) is 5.75 Å². The number of nitrogens with two attached hydrogens (primary N) is 2. The molecule has 0 radical (unpaired) electrons. The summed E-state index contributed by atoms with van der Waals surface area (Å²) in [6, 6.07) is 5.35. The topological polar surface area (TPSA) is 87.3 Å². The van der Waals surface area contributed by atoms with Crippen molar-refractivity contribution in [2.75, 3.05) is 12.8 Å². The predicted molar refractivity (Wildman–Crippen MR) is 60.8 cm³/mol. The second-order valence-electron chi connectivity index (χ2n) is 3.30. The summed E-state index contributed by atoms with van der Waals surface area (Å²) in [6.45, 7) is 0.357. The van der Waals surface area contributed by atoms with E-state index in [1.165, 1.54) is 6.26 Å². The minimum absolute atomic E-state index is 0.357. The summed E-state index contributed by atoms with van der Waals surface area (Å²) in [5, 5.41) is 0. The van der Waals surface area contributed by atoms with E-state index in [2.05, 4.69) is 4.98 Å². The van der Waals surface area contributed by atoms with Gasteiger partial charge in [-0.25, -0.2) is 4.98 Å². The van der Waals surface area contributed by atoms with Crippen LogP contribution in [0, 0.1) is 0 Å². The van der Waals surface area contributed by atoms with Crippen LogP contribution in [0.15, 0.2) is 28.9 Å². The van der Waals surface area contributed by atoms with Gasteiger partial charge in [-0.05, 0) is 18.2 Å². The summed E-state index contributed by atoms with van der Waals surface area (Å²) in [7, 11) is 1.57. The molecule has 5 heteroatoms. The highest BCUT2D eigenvalue weighted by molar-refractivity contribution is 5.64. The fourth-order valence-electron chi connectivity index (χ4n) is 1.38. The number of ether oxygens (including phenoxy) is 1. The number of oxazole rings is 1. The number of hydrogen-bond donors (Lipinski definition) is 2. The zero-order valence-electron chi connectivity index (χ0n) is 8.93. The number of methoxy groups -OCH3 is 1. The standard InChI is InChI=1S/C11H13N3O2/c1-15-10-4-7(2-3-9(10)13)11-14-8(5-12)6-16-11/h2-4,6H,5,12-13H2,1H3. The Labute approximate surface area is 93.0 Å². The van der Waals surface area contributed by atoms with Crippen molar-refractivity contribution in [2.45, 2.75) is 6.54 Å². The van der Waals surface area contributed by atoms with Crippen LogP contribution in [0.3, 0.4) is 0 Å².